The maximum absolute atomic E-state index is 3.62. The fourth-order valence-electron chi connectivity index (χ4n) is 0.722. The molecule has 1 nitrogen and oxygen atoms in total. The van der Waals surface area contributed by atoms with E-state index in [9.17, 15) is 0 Å². The molecule has 10 heavy (non-hydrogen) atoms. The van der Waals surface area contributed by atoms with Crippen LogP contribution >= 0.6 is 0 Å². The molecule has 1 N–H and O–H groups in total. The molecule has 0 radical (unpaired) electrons. The van der Waals surface area contributed by atoms with Gasteiger partial charge < -0.3 is 5.32 Å². The van der Waals surface area contributed by atoms with Gasteiger partial charge in [-0.1, -0.05) is 31.2 Å². The summed E-state index contributed by atoms with van der Waals surface area (Å²) in [7, 11) is 0. The molecule has 1 heteroatoms. The van der Waals surface area contributed by atoms with Gasteiger partial charge in [-0.3, -0.25) is 0 Å². The first kappa shape index (κ1) is 9.44. The van der Waals surface area contributed by atoms with E-state index in [-0.39, 0.29) is 0 Å². The standard InChI is InChI=1S/C9H17N/c1-4-6-9(3)8-10-7-5-2/h4,6,10H,1,5,7-8H2,2-3H3/b9-6+. The first-order valence-corrected chi connectivity index (χ1v) is 3.80. The molecule has 0 atom stereocenters. The van der Waals surface area contributed by atoms with Gasteiger partial charge in [0, 0.05) is 6.54 Å². The maximum Gasteiger partial charge on any atom is 0.0164 e. The average molecular weight is 139 g/mol. The van der Waals surface area contributed by atoms with E-state index in [0.717, 1.165) is 13.1 Å². The van der Waals surface area contributed by atoms with Crippen molar-refractivity contribution in [2.75, 3.05) is 13.1 Å². The molecular weight excluding hydrogens is 122 g/mol. The Hall–Kier alpha value is -0.560. The molecule has 0 aliphatic heterocycles. The van der Waals surface area contributed by atoms with E-state index < -0.39 is 0 Å². The van der Waals surface area contributed by atoms with Gasteiger partial charge in [-0.05, 0) is 19.9 Å². The van der Waals surface area contributed by atoms with Crippen LogP contribution in [0.5, 0.6) is 0 Å². The zero-order valence-corrected chi connectivity index (χ0v) is 6.98. The predicted molar refractivity (Wildman–Crippen MR) is 47.1 cm³/mol. The van der Waals surface area contributed by atoms with Crippen molar-refractivity contribution in [3.05, 3.63) is 24.3 Å². The van der Waals surface area contributed by atoms with Crippen molar-refractivity contribution in [3.8, 4) is 0 Å². The Morgan fingerprint density at radius 2 is 2.30 bits per heavy atom. The van der Waals surface area contributed by atoms with Crippen LogP contribution < -0.4 is 5.32 Å². The summed E-state index contributed by atoms with van der Waals surface area (Å²) in [5.41, 5.74) is 1.34. The van der Waals surface area contributed by atoms with Crippen molar-refractivity contribution in [1.82, 2.24) is 5.32 Å². The number of hydrogen-bond acceptors (Lipinski definition) is 1. The minimum absolute atomic E-state index is 0.986. The SMILES string of the molecule is C=C/C=C(\C)CNCCC. The average Bonchev–Trinajstić information content (AvgIpc) is 1.89. The van der Waals surface area contributed by atoms with Crippen molar-refractivity contribution < 1.29 is 0 Å². The zero-order chi connectivity index (χ0) is 7.82. The van der Waals surface area contributed by atoms with Crippen molar-refractivity contribution in [2.45, 2.75) is 20.3 Å². The molecule has 0 saturated carbocycles. The zero-order valence-electron chi connectivity index (χ0n) is 6.98. The number of allylic oxidation sites excluding steroid dienone is 2. The van der Waals surface area contributed by atoms with Gasteiger partial charge >= 0.3 is 0 Å². The third kappa shape index (κ3) is 5.57. The summed E-state index contributed by atoms with van der Waals surface area (Å²) in [5, 5.41) is 3.30. The molecular formula is C9H17N. The smallest absolute Gasteiger partial charge is 0.0164 e. The van der Waals surface area contributed by atoms with Gasteiger partial charge in [-0.15, -0.1) is 0 Å². The van der Waals surface area contributed by atoms with Gasteiger partial charge in [0.25, 0.3) is 0 Å². The number of hydrogen-bond donors (Lipinski definition) is 1. The van der Waals surface area contributed by atoms with Crippen LogP contribution in [0.1, 0.15) is 20.3 Å². The summed E-state index contributed by atoms with van der Waals surface area (Å²) < 4.78 is 0. The van der Waals surface area contributed by atoms with Crippen LogP contribution in [0.25, 0.3) is 0 Å². The third-order valence-electron chi connectivity index (χ3n) is 1.23. The van der Waals surface area contributed by atoms with E-state index in [0.29, 0.717) is 0 Å². The second-order valence-electron chi connectivity index (χ2n) is 2.43. The molecule has 0 aromatic rings. The minimum Gasteiger partial charge on any atom is -0.313 e. The molecule has 0 saturated heterocycles. The summed E-state index contributed by atoms with van der Waals surface area (Å²) in [4.78, 5) is 0. The van der Waals surface area contributed by atoms with Crippen LogP contribution in [0.3, 0.4) is 0 Å². The monoisotopic (exact) mass is 139 g/mol. The first-order chi connectivity index (χ1) is 4.81. The van der Waals surface area contributed by atoms with Crippen molar-refractivity contribution in [2.24, 2.45) is 0 Å². The van der Waals surface area contributed by atoms with Gasteiger partial charge in [0.1, 0.15) is 0 Å². The molecule has 0 amide bonds. The topological polar surface area (TPSA) is 12.0 Å². The van der Waals surface area contributed by atoms with Gasteiger partial charge in [0.15, 0.2) is 0 Å². The fraction of sp³-hybridized carbons (Fsp3) is 0.556. The second kappa shape index (κ2) is 6.56. The normalized spacial score (nSPS) is 11.6. The lowest BCUT2D eigenvalue weighted by Gasteiger charge is -2.00. The quantitative estimate of drug-likeness (QED) is 0.454. The summed E-state index contributed by atoms with van der Waals surface area (Å²) in [6.07, 6.45) is 5.05. The predicted octanol–water partition coefficient (Wildman–Crippen LogP) is 2.12. The van der Waals surface area contributed by atoms with E-state index in [1.807, 2.05) is 12.2 Å². The Kier molecular flexibility index (Phi) is 6.19. The lowest BCUT2D eigenvalue weighted by Crippen LogP contribution is -2.16. The highest BCUT2D eigenvalue weighted by Crippen LogP contribution is 1.88. The molecule has 0 spiro atoms. The van der Waals surface area contributed by atoms with Gasteiger partial charge in [0.05, 0.1) is 0 Å². The largest absolute Gasteiger partial charge is 0.313 e. The van der Waals surface area contributed by atoms with Crippen molar-refractivity contribution in [1.29, 1.82) is 0 Å². The van der Waals surface area contributed by atoms with Crippen LogP contribution in [0.15, 0.2) is 24.3 Å². The van der Waals surface area contributed by atoms with Crippen LogP contribution in [-0.2, 0) is 0 Å². The van der Waals surface area contributed by atoms with Crippen molar-refractivity contribution in [3.63, 3.8) is 0 Å². The second-order valence-corrected chi connectivity index (χ2v) is 2.43. The highest BCUT2D eigenvalue weighted by Gasteiger charge is 1.84. The molecule has 0 aliphatic rings. The van der Waals surface area contributed by atoms with E-state index in [1.54, 1.807) is 0 Å². The molecule has 0 unspecified atom stereocenters. The van der Waals surface area contributed by atoms with Crippen LogP contribution in [0.4, 0.5) is 0 Å². The van der Waals surface area contributed by atoms with Crippen LogP contribution in [0, 0.1) is 0 Å². The Labute approximate surface area is 63.8 Å². The van der Waals surface area contributed by atoms with Crippen LogP contribution in [0.2, 0.25) is 0 Å². The van der Waals surface area contributed by atoms with Gasteiger partial charge in [-0.25, -0.2) is 0 Å². The van der Waals surface area contributed by atoms with Gasteiger partial charge in [0.2, 0.25) is 0 Å². The third-order valence-corrected chi connectivity index (χ3v) is 1.23. The summed E-state index contributed by atoms with van der Waals surface area (Å²) in [5.74, 6) is 0. The summed E-state index contributed by atoms with van der Waals surface area (Å²) in [6, 6.07) is 0. The van der Waals surface area contributed by atoms with E-state index >= 15 is 0 Å². The number of rotatable bonds is 5. The Morgan fingerprint density at radius 1 is 1.60 bits per heavy atom. The molecule has 58 valence electrons. The lowest BCUT2D eigenvalue weighted by molar-refractivity contribution is 0.714. The number of nitrogens with one attached hydrogen (secondary N) is 1. The van der Waals surface area contributed by atoms with E-state index in [4.69, 9.17) is 0 Å². The highest BCUT2D eigenvalue weighted by atomic mass is 14.8. The summed E-state index contributed by atoms with van der Waals surface area (Å²) in [6.45, 7) is 9.98. The molecule has 0 rings (SSSR count). The molecule has 0 aromatic heterocycles. The minimum atomic E-state index is 0.986. The van der Waals surface area contributed by atoms with Crippen molar-refractivity contribution >= 4 is 0 Å². The fourth-order valence-corrected chi connectivity index (χ4v) is 0.722. The van der Waals surface area contributed by atoms with E-state index in [2.05, 4.69) is 25.7 Å². The Morgan fingerprint density at radius 3 is 2.80 bits per heavy atom. The molecule has 0 heterocycles. The molecule has 0 aromatic carbocycles. The van der Waals surface area contributed by atoms with E-state index in [1.165, 1.54) is 12.0 Å². The van der Waals surface area contributed by atoms with Crippen LogP contribution in [-0.4, -0.2) is 13.1 Å². The highest BCUT2D eigenvalue weighted by molar-refractivity contribution is 5.08. The van der Waals surface area contributed by atoms with Gasteiger partial charge in [-0.2, -0.15) is 0 Å². The summed E-state index contributed by atoms with van der Waals surface area (Å²) >= 11 is 0. The molecule has 0 aliphatic carbocycles. The Bertz CT molecular complexity index is 114. The maximum atomic E-state index is 3.62. The Balaban J connectivity index is 3.29. The molecule has 0 bridgehead atoms. The lowest BCUT2D eigenvalue weighted by atomic mass is 10.3. The molecule has 0 fully saturated rings. The first-order valence-electron chi connectivity index (χ1n) is 3.80.